The number of carbonyl (C=O) groups excluding carboxylic acids is 1. The molecule has 0 aliphatic heterocycles. The Bertz CT molecular complexity index is 1660. The zero-order valence-electron chi connectivity index (χ0n) is 20.5. The van der Waals surface area contributed by atoms with E-state index < -0.39 is 46.2 Å². The van der Waals surface area contributed by atoms with Crippen molar-refractivity contribution in [3.05, 3.63) is 90.0 Å². The van der Waals surface area contributed by atoms with Crippen molar-refractivity contribution in [2.24, 2.45) is 0 Å². The third kappa shape index (κ3) is 6.29. The Balaban J connectivity index is 1.70. The number of sulfone groups is 1. The molecule has 0 atom stereocenters. The Morgan fingerprint density at radius 1 is 1.03 bits per heavy atom. The molecular formula is C25H21BF4N4O4S. The zero-order valence-corrected chi connectivity index (χ0v) is 21.3. The molecule has 0 bridgehead atoms. The van der Waals surface area contributed by atoms with Crippen LogP contribution in [0.25, 0.3) is 16.8 Å². The van der Waals surface area contributed by atoms with E-state index in [2.05, 4.69) is 15.6 Å². The van der Waals surface area contributed by atoms with Gasteiger partial charge < -0.3 is 15.6 Å². The molecule has 0 unspecified atom stereocenters. The smallest absolute Gasteiger partial charge is 0.433 e. The van der Waals surface area contributed by atoms with Crippen LogP contribution in [0.4, 0.5) is 28.9 Å². The summed E-state index contributed by atoms with van der Waals surface area (Å²) >= 11 is 0. The Hall–Kier alpha value is -4.17. The quantitative estimate of drug-likeness (QED) is 0.220. The number of anilines is 2. The lowest BCUT2D eigenvalue weighted by molar-refractivity contribution is -0.141. The molecule has 1 heterocycles. The molecule has 0 saturated carbocycles. The summed E-state index contributed by atoms with van der Waals surface area (Å²) in [5, 5.41) is 18.0. The first-order valence-corrected chi connectivity index (χ1v) is 13.3. The maximum absolute atomic E-state index is 15.0. The average Bonchev–Trinajstić information content (AvgIpc) is 3.31. The molecule has 0 radical (unpaired) electrons. The van der Waals surface area contributed by atoms with E-state index >= 15 is 4.39 Å². The van der Waals surface area contributed by atoms with Crippen LogP contribution >= 0.6 is 0 Å². The van der Waals surface area contributed by atoms with E-state index in [1.54, 1.807) is 12.1 Å². The summed E-state index contributed by atoms with van der Waals surface area (Å²) in [6, 6.07) is 15.9. The van der Waals surface area contributed by atoms with Crippen LogP contribution in [0.2, 0.25) is 6.82 Å². The van der Waals surface area contributed by atoms with Gasteiger partial charge in [0.15, 0.2) is 15.5 Å². The van der Waals surface area contributed by atoms with Crippen LogP contribution in [-0.4, -0.2) is 42.4 Å². The summed E-state index contributed by atoms with van der Waals surface area (Å²) in [4.78, 5) is 13.0. The molecule has 1 amide bonds. The van der Waals surface area contributed by atoms with Crippen molar-refractivity contribution in [1.82, 2.24) is 9.78 Å². The minimum absolute atomic E-state index is 0.0166. The summed E-state index contributed by atoms with van der Waals surface area (Å²) in [7, 11) is -4.58. The van der Waals surface area contributed by atoms with Crippen LogP contribution in [0.3, 0.4) is 0 Å². The van der Waals surface area contributed by atoms with Crippen molar-refractivity contribution in [3.8, 4) is 16.8 Å². The molecule has 3 N–H and O–H groups in total. The number of hydrogen-bond donors (Lipinski definition) is 3. The number of benzene rings is 3. The summed E-state index contributed by atoms with van der Waals surface area (Å²) in [6.07, 6.45) is -3.85. The molecule has 1 aromatic heterocycles. The van der Waals surface area contributed by atoms with Crippen molar-refractivity contribution in [1.29, 1.82) is 0 Å². The summed E-state index contributed by atoms with van der Waals surface area (Å²) in [6.45, 7) is 1.45. The molecule has 8 nitrogen and oxygen atoms in total. The van der Waals surface area contributed by atoms with Gasteiger partial charge in [-0.25, -0.2) is 17.5 Å². The first kappa shape index (κ1) is 27.9. The third-order valence-corrected chi connectivity index (χ3v) is 6.67. The molecule has 0 spiro atoms. The van der Waals surface area contributed by atoms with E-state index in [4.69, 9.17) is 0 Å². The summed E-state index contributed by atoms with van der Waals surface area (Å²) in [5.41, 5.74) is -1.30. The molecule has 0 saturated heterocycles. The number of nitrogens with one attached hydrogen (secondary N) is 2. The maximum Gasteiger partial charge on any atom is 0.435 e. The number of halogens is 4. The van der Waals surface area contributed by atoms with Crippen LogP contribution in [-0.2, 0) is 16.0 Å². The lowest BCUT2D eigenvalue weighted by Crippen LogP contribution is -2.20. The van der Waals surface area contributed by atoms with Gasteiger partial charge in [0.25, 0.3) is 5.91 Å². The highest BCUT2D eigenvalue weighted by atomic mass is 32.2. The summed E-state index contributed by atoms with van der Waals surface area (Å²) in [5.74, 6) is -2.01. The molecule has 0 aliphatic rings. The van der Waals surface area contributed by atoms with Crippen molar-refractivity contribution < 1.29 is 35.8 Å². The molecule has 0 fully saturated rings. The fraction of sp³-hybridized carbons (Fsp3) is 0.120. The minimum Gasteiger partial charge on any atom is -0.433 e. The highest BCUT2D eigenvalue weighted by Crippen LogP contribution is 2.32. The monoisotopic (exact) mass is 560 g/mol. The van der Waals surface area contributed by atoms with E-state index in [1.807, 2.05) is 0 Å². The molecule has 14 heteroatoms. The summed E-state index contributed by atoms with van der Waals surface area (Å²) < 4.78 is 80.4. The number of aromatic nitrogens is 2. The fourth-order valence-corrected chi connectivity index (χ4v) is 4.76. The van der Waals surface area contributed by atoms with Gasteiger partial charge >= 0.3 is 13.2 Å². The lowest BCUT2D eigenvalue weighted by atomic mass is 9.88. The first-order chi connectivity index (χ1) is 18.2. The molecular weight excluding hydrogens is 539 g/mol. The Labute approximate surface area is 221 Å². The molecule has 4 aromatic rings. The second kappa shape index (κ2) is 10.5. The van der Waals surface area contributed by atoms with Gasteiger partial charge in [0.2, 0.25) is 0 Å². The second-order valence-electron chi connectivity index (χ2n) is 8.61. The van der Waals surface area contributed by atoms with Crippen LogP contribution in [0.15, 0.2) is 77.7 Å². The topological polar surface area (TPSA) is 113 Å². The van der Waals surface area contributed by atoms with E-state index in [1.165, 1.54) is 55.4 Å². The molecule has 202 valence electrons. The maximum atomic E-state index is 15.0. The van der Waals surface area contributed by atoms with Gasteiger partial charge in [-0.3, -0.25) is 4.79 Å². The van der Waals surface area contributed by atoms with Crippen molar-refractivity contribution in [3.63, 3.8) is 0 Å². The normalized spacial score (nSPS) is 11.8. The first-order valence-electron chi connectivity index (χ1n) is 11.4. The van der Waals surface area contributed by atoms with Gasteiger partial charge in [-0.15, -0.1) is 0 Å². The van der Waals surface area contributed by atoms with E-state index in [0.29, 0.717) is 11.8 Å². The van der Waals surface area contributed by atoms with Gasteiger partial charge in [0, 0.05) is 23.6 Å². The number of nitrogens with zero attached hydrogens (tertiary/aromatic N) is 2. The van der Waals surface area contributed by atoms with Gasteiger partial charge in [-0.2, -0.15) is 18.3 Å². The number of amides is 1. The van der Waals surface area contributed by atoms with E-state index in [9.17, 15) is 31.4 Å². The van der Waals surface area contributed by atoms with E-state index in [-0.39, 0.29) is 27.4 Å². The minimum atomic E-state index is -4.87. The van der Waals surface area contributed by atoms with Gasteiger partial charge in [0.05, 0.1) is 16.3 Å². The zero-order chi connectivity index (χ0) is 28.5. The number of carbonyl (C=O) groups is 1. The second-order valence-corrected chi connectivity index (χ2v) is 10.6. The van der Waals surface area contributed by atoms with Crippen LogP contribution < -0.4 is 10.5 Å². The number of hydrogen-bond acceptors (Lipinski definition) is 6. The largest absolute Gasteiger partial charge is 0.435 e. The number of alkyl halides is 3. The predicted octanol–water partition coefficient (Wildman–Crippen LogP) is 4.88. The van der Waals surface area contributed by atoms with Crippen LogP contribution in [0.5, 0.6) is 0 Å². The SMILES string of the molecule is CB(O)Nc1cccc(-n2nc(C(F)(F)F)cc2C(=O)Nc2ccc(-c3ccccc3S(C)(=O)=O)cc2F)c1. The van der Waals surface area contributed by atoms with Crippen LogP contribution in [0, 0.1) is 5.82 Å². The predicted molar refractivity (Wildman–Crippen MR) is 139 cm³/mol. The Kier molecular flexibility index (Phi) is 7.53. The Morgan fingerprint density at radius 2 is 1.74 bits per heavy atom. The number of rotatable bonds is 7. The molecule has 0 aliphatic carbocycles. The van der Waals surface area contributed by atoms with Crippen LogP contribution in [0.1, 0.15) is 16.2 Å². The molecule has 3 aromatic carbocycles. The third-order valence-electron chi connectivity index (χ3n) is 5.51. The highest BCUT2D eigenvalue weighted by Gasteiger charge is 2.36. The van der Waals surface area contributed by atoms with Crippen molar-refractivity contribution >= 4 is 34.2 Å². The van der Waals surface area contributed by atoms with Crippen molar-refractivity contribution in [2.75, 3.05) is 16.8 Å². The standard InChI is InChI=1S/C25H21BF4N4O4S/c1-26(36)32-16-6-5-7-17(13-16)34-21(14-23(33-34)25(28,29)30)24(35)31-20-11-10-15(12-19(20)27)18-8-3-4-9-22(18)39(2,37)38/h3-14,32,36H,1-2H3,(H,31,35). The average molecular weight is 560 g/mol. The molecule has 39 heavy (non-hydrogen) atoms. The molecule has 4 rings (SSSR count). The fourth-order valence-electron chi connectivity index (χ4n) is 3.85. The van der Waals surface area contributed by atoms with Gasteiger partial charge in [0.1, 0.15) is 11.5 Å². The Morgan fingerprint density at radius 3 is 2.38 bits per heavy atom. The van der Waals surface area contributed by atoms with E-state index in [0.717, 1.165) is 17.0 Å². The van der Waals surface area contributed by atoms with Gasteiger partial charge in [-0.05, 0) is 48.8 Å². The van der Waals surface area contributed by atoms with Crippen molar-refractivity contribution in [2.45, 2.75) is 17.9 Å². The van der Waals surface area contributed by atoms with Gasteiger partial charge in [-0.1, -0.05) is 30.3 Å². The highest BCUT2D eigenvalue weighted by molar-refractivity contribution is 7.90. The lowest BCUT2D eigenvalue weighted by Gasteiger charge is -2.13.